The van der Waals surface area contributed by atoms with Crippen molar-refractivity contribution >= 4 is 5.82 Å². The molecule has 108 valence electrons. The van der Waals surface area contributed by atoms with Crippen LogP contribution in [0.2, 0.25) is 0 Å². The average Bonchev–Trinajstić information content (AvgIpc) is 2.50. The minimum atomic E-state index is 0.0761. The summed E-state index contributed by atoms with van der Waals surface area (Å²) in [4.78, 5) is 4.31. The maximum absolute atomic E-state index is 9.03. The monoisotopic (exact) mass is 281 g/mol. The number of hydrogen-bond donors (Lipinski definition) is 1. The molecule has 21 heavy (non-hydrogen) atoms. The third-order valence-electron chi connectivity index (χ3n) is 3.24. The molecule has 0 radical (unpaired) electrons. The van der Waals surface area contributed by atoms with Crippen LogP contribution < -0.4 is 10.1 Å². The SMILES string of the molecule is CCOc1cccc(C(C)Nc2ccc(C)c(C#N)n2)c1. The largest absolute Gasteiger partial charge is 0.494 e. The third kappa shape index (κ3) is 3.73. The number of rotatable bonds is 5. The van der Waals surface area contributed by atoms with Crippen LogP contribution in [0.3, 0.4) is 0 Å². The predicted molar refractivity (Wildman–Crippen MR) is 83.3 cm³/mol. The van der Waals surface area contributed by atoms with E-state index in [-0.39, 0.29) is 6.04 Å². The quantitative estimate of drug-likeness (QED) is 0.904. The number of anilines is 1. The van der Waals surface area contributed by atoms with Crippen molar-refractivity contribution in [3.8, 4) is 11.8 Å². The van der Waals surface area contributed by atoms with E-state index in [1.807, 2.05) is 50.2 Å². The molecule has 0 amide bonds. The highest BCUT2D eigenvalue weighted by molar-refractivity contribution is 5.44. The molecule has 0 aliphatic heterocycles. The lowest BCUT2D eigenvalue weighted by atomic mass is 10.1. The molecule has 0 aliphatic rings. The van der Waals surface area contributed by atoms with Gasteiger partial charge in [-0.2, -0.15) is 5.26 Å². The lowest BCUT2D eigenvalue weighted by molar-refractivity contribution is 0.340. The van der Waals surface area contributed by atoms with Crippen LogP contribution in [0.15, 0.2) is 36.4 Å². The number of pyridine rings is 1. The zero-order valence-electron chi connectivity index (χ0n) is 12.6. The summed E-state index contributed by atoms with van der Waals surface area (Å²) >= 11 is 0. The van der Waals surface area contributed by atoms with E-state index >= 15 is 0 Å². The first kappa shape index (κ1) is 14.9. The lowest BCUT2D eigenvalue weighted by Gasteiger charge is -2.16. The zero-order valence-corrected chi connectivity index (χ0v) is 12.6. The van der Waals surface area contributed by atoms with Crippen LogP contribution in [0.4, 0.5) is 5.82 Å². The number of ether oxygens (including phenoxy) is 1. The van der Waals surface area contributed by atoms with Gasteiger partial charge in [-0.05, 0) is 50.1 Å². The number of nitrogens with zero attached hydrogens (tertiary/aromatic N) is 2. The van der Waals surface area contributed by atoms with Crippen molar-refractivity contribution in [1.29, 1.82) is 5.26 Å². The number of benzene rings is 1. The van der Waals surface area contributed by atoms with Gasteiger partial charge in [0.15, 0.2) is 0 Å². The Balaban J connectivity index is 2.16. The second-order valence-corrected chi connectivity index (χ2v) is 4.85. The fourth-order valence-electron chi connectivity index (χ4n) is 2.07. The Kier molecular flexibility index (Phi) is 4.78. The Morgan fingerprint density at radius 2 is 2.14 bits per heavy atom. The summed E-state index contributed by atoms with van der Waals surface area (Å²) in [5.41, 5.74) is 2.45. The Bertz CT molecular complexity index is 661. The molecule has 1 N–H and O–H groups in total. The maximum Gasteiger partial charge on any atom is 0.145 e. The first-order valence-electron chi connectivity index (χ1n) is 7.01. The molecule has 0 spiro atoms. The Labute approximate surface area is 125 Å². The van der Waals surface area contributed by atoms with Gasteiger partial charge in [0.25, 0.3) is 0 Å². The van der Waals surface area contributed by atoms with E-state index in [4.69, 9.17) is 10.00 Å². The minimum absolute atomic E-state index is 0.0761. The van der Waals surface area contributed by atoms with E-state index in [0.29, 0.717) is 18.1 Å². The Hall–Kier alpha value is -2.54. The van der Waals surface area contributed by atoms with Gasteiger partial charge in [0.1, 0.15) is 23.3 Å². The molecule has 1 unspecified atom stereocenters. The van der Waals surface area contributed by atoms with Gasteiger partial charge in [-0.3, -0.25) is 0 Å². The Morgan fingerprint density at radius 3 is 2.86 bits per heavy atom. The van der Waals surface area contributed by atoms with E-state index in [0.717, 1.165) is 16.9 Å². The van der Waals surface area contributed by atoms with E-state index < -0.39 is 0 Å². The van der Waals surface area contributed by atoms with Gasteiger partial charge in [-0.15, -0.1) is 0 Å². The first-order chi connectivity index (χ1) is 10.1. The van der Waals surface area contributed by atoms with Crippen molar-refractivity contribution in [2.24, 2.45) is 0 Å². The normalized spacial score (nSPS) is 11.5. The van der Waals surface area contributed by atoms with Gasteiger partial charge in [0, 0.05) is 0 Å². The fourth-order valence-corrected chi connectivity index (χ4v) is 2.07. The van der Waals surface area contributed by atoms with E-state index in [9.17, 15) is 0 Å². The lowest BCUT2D eigenvalue weighted by Crippen LogP contribution is -2.09. The third-order valence-corrected chi connectivity index (χ3v) is 3.24. The van der Waals surface area contributed by atoms with Gasteiger partial charge >= 0.3 is 0 Å². The molecule has 0 aliphatic carbocycles. The molecule has 0 saturated carbocycles. The topological polar surface area (TPSA) is 57.9 Å². The van der Waals surface area contributed by atoms with Crippen molar-refractivity contribution in [3.63, 3.8) is 0 Å². The molecule has 2 rings (SSSR count). The molecule has 1 aromatic heterocycles. The summed E-state index contributed by atoms with van der Waals surface area (Å²) in [5, 5.41) is 12.3. The molecule has 0 fully saturated rings. The summed E-state index contributed by atoms with van der Waals surface area (Å²) < 4.78 is 5.51. The molecule has 0 bridgehead atoms. The minimum Gasteiger partial charge on any atom is -0.494 e. The van der Waals surface area contributed by atoms with Gasteiger partial charge in [-0.25, -0.2) is 4.98 Å². The van der Waals surface area contributed by atoms with Crippen molar-refractivity contribution in [2.75, 3.05) is 11.9 Å². The summed E-state index contributed by atoms with van der Waals surface area (Å²) in [6.45, 7) is 6.55. The van der Waals surface area contributed by atoms with E-state index in [2.05, 4.69) is 23.3 Å². The molecule has 2 aromatic rings. The second kappa shape index (κ2) is 6.76. The van der Waals surface area contributed by atoms with E-state index in [1.54, 1.807) is 0 Å². The molecular weight excluding hydrogens is 262 g/mol. The number of aryl methyl sites for hydroxylation is 1. The summed E-state index contributed by atoms with van der Waals surface area (Å²) in [5.74, 6) is 1.56. The summed E-state index contributed by atoms with van der Waals surface area (Å²) in [6, 6.07) is 13.9. The molecule has 1 heterocycles. The van der Waals surface area contributed by atoms with Crippen molar-refractivity contribution in [3.05, 3.63) is 53.2 Å². The van der Waals surface area contributed by atoms with Crippen molar-refractivity contribution < 1.29 is 4.74 Å². The highest BCUT2D eigenvalue weighted by Gasteiger charge is 2.08. The first-order valence-corrected chi connectivity index (χ1v) is 7.01. The molecule has 1 atom stereocenters. The van der Waals surface area contributed by atoms with Crippen molar-refractivity contribution in [1.82, 2.24) is 4.98 Å². The standard InChI is InChI=1S/C17H19N3O/c1-4-21-15-7-5-6-14(10-15)13(3)19-17-9-8-12(2)16(11-18)20-17/h5-10,13H,4H2,1-3H3,(H,19,20). The predicted octanol–water partition coefficient (Wildman–Crippen LogP) is 3.83. The molecule has 0 saturated heterocycles. The summed E-state index contributed by atoms with van der Waals surface area (Å²) in [6.07, 6.45) is 0. The number of nitriles is 1. The smallest absolute Gasteiger partial charge is 0.145 e. The van der Waals surface area contributed by atoms with Crippen LogP contribution in [0.5, 0.6) is 5.75 Å². The van der Waals surface area contributed by atoms with Crippen LogP contribution in [-0.2, 0) is 0 Å². The van der Waals surface area contributed by atoms with Crippen LogP contribution in [0, 0.1) is 18.3 Å². The average molecular weight is 281 g/mol. The number of hydrogen-bond acceptors (Lipinski definition) is 4. The number of nitrogens with one attached hydrogen (secondary N) is 1. The second-order valence-electron chi connectivity index (χ2n) is 4.85. The highest BCUT2D eigenvalue weighted by Crippen LogP contribution is 2.22. The molecule has 1 aromatic carbocycles. The van der Waals surface area contributed by atoms with Crippen LogP contribution in [0.25, 0.3) is 0 Å². The number of aromatic nitrogens is 1. The Morgan fingerprint density at radius 1 is 1.33 bits per heavy atom. The maximum atomic E-state index is 9.03. The highest BCUT2D eigenvalue weighted by atomic mass is 16.5. The van der Waals surface area contributed by atoms with Crippen LogP contribution in [-0.4, -0.2) is 11.6 Å². The van der Waals surface area contributed by atoms with Gasteiger partial charge in [0.05, 0.1) is 12.6 Å². The molecule has 4 nitrogen and oxygen atoms in total. The van der Waals surface area contributed by atoms with Crippen LogP contribution in [0.1, 0.15) is 36.7 Å². The van der Waals surface area contributed by atoms with Gasteiger partial charge in [0.2, 0.25) is 0 Å². The van der Waals surface area contributed by atoms with E-state index in [1.165, 1.54) is 0 Å². The van der Waals surface area contributed by atoms with Gasteiger partial charge < -0.3 is 10.1 Å². The van der Waals surface area contributed by atoms with Crippen molar-refractivity contribution in [2.45, 2.75) is 26.8 Å². The molecular formula is C17H19N3O. The van der Waals surface area contributed by atoms with Gasteiger partial charge in [-0.1, -0.05) is 18.2 Å². The van der Waals surface area contributed by atoms with Crippen LogP contribution >= 0.6 is 0 Å². The zero-order chi connectivity index (χ0) is 15.2. The summed E-state index contributed by atoms with van der Waals surface area (Å²) in [7, 11) is 0. The fraction of sp³-hybridized carbons (Fsp3) is 0.294. The molecule has 4 heteroatoms.